The van der Waals surface area contributed by atoms with Gasteiger partial charge < -0.3 is 10.5 Å². The highest BCUT2D eigenvalue weighted by atomic mass is 35.5. The van der Waals surface area contributed by atoms with Crippen molar-refractivity contribution in [1.29, 1.82) is 5.26 Å². The van der Waals surface area contributed by atoms with E-state index in [4.69, 9.17) is 27.3 Å². The maximum atomic E-state index is 8.96. The summed E-state index contributed by atoms with van der Waals surface area (Å²) in [7, 11) is 0. The molecule has 0 radical (unpaired) electrons. The quantitative estimate of drug-likeness (QED) is 0.858. The lowest BCUT2D eigenvalue weighted by Gasteiger charge is -2.14. The van der Waals surface area contributed by atoms with Crippen LogP contribution in [0.25, 0.3) is 0 Å². The summed E-state index contributed by atoms with van der Waals surface area (Å²) in [5.41, 5.74) is 6.29. The molecule has 0 spiro atoms. The molecule has 2 unspecified atom stereocenters. The second-order valence-corrected chi connectivity index (χ2v) is 4.50. The summed E-state index contributed by atoms with van der Waals surface area (Å²) < 4.78 is 5.76. The molecule has 1 saturated carbocycles. The largest absolute Gasteiger partial charge is 0.489 e. The van der Waals surface area contributed by atoms with Crippen molar-refractivity contribution >= 4 is 11.6 Å². The van der Waals surface area contributed by atoms with E-state index in [0.717, 1.165) is 19.3 Å². The highest BCUT2D eigenvalue weighted by Gasteiger charge is 2.23. The zero-order chi connectivity index (χ0) is 11.5. The summed E-state index contributed by atoms with van der Waals surface area (Å²) >= 11 is 5.81. The first-order valence-electron chi connectivity index (χ1n) is 5.31. The van der Waals surface area contributed by atoms with E-state index in [0.29, 0.717) is 16.3 Å². The smallest absolute Gasteiger partial charge is 0.137 e. The first-order valence-corrected chi connectivity index (χ1v) is 5.68. The third-order valence-electron chi connectivity index (χ3n) is 2.78. The third-order valence-corrected chi connectivity index (χ3v) is 3.02. The number of hydrogen-bond donors (Lipinski definition) is 1. The van der Waals surface area contributed by atoms with Crippen molar-refractivity contribution < 1.29 is 4.74 Å². The van der Waals surface area contributed by atoms with Crippen molar-refractivity contribution in [3.63, 3.8) is 0 Å². The SMILES string of the molecule is N#Cc1cc(Cl)ccc1OC1CCC(N)C1. The van der Waals surface area contributed by atoms with E-state index in [2.05, 4.69) is 6.07 Å². The van der Waals surface area contributed by atoms with E-state index in [-0.39, 0.29) is 12.1 Å². The van der Waals surface area contributed by atoms with Gasteiger partial charge in [0.15, 0.2) is 0 Å². The fourth-order valence-corrected chi connectivity index (χ4v) is 2.12. The van der Waals surface area contributed by atoms with Crippen LogP contribution < -0.4 is 10.5 Å². The van der Waals surface area contributed by atoms with Gasteiger partial charge in [-0.05, 0) is 37.5 Å². The van der Waals surface area contributed by atoms with Gasteiger partial charge in [0.1, 0.15) is 17.9 Å². The van der Waals surface area contributed by atoms with Gasteiger partial charge in [0.2, 0.25) is 0 Å². The molecule has 0 aromatic heterocycles. The van der Waals surface area contributed by atoms with Crippen LogP contribution in [0.3, 0.4) is 0 Å². The predicted octanol–water partition coefficient (Wildman–Crippen LogP) is 2.47. The van der Waals surface area contributed by atoms with Crippen LogP contribution >= 0.6 is 11.6 Å². The molecule has 0 saturated heterocycles. The van der Waals surface area contributed by atoms with E-state index in [1.807, 2.05) is 0 Å². The average Bonchev–Trinajstić information content (AvgIpc) is 2.67. The third kappa shape index (κ3) is 2.46. The molecule has 0 aliphatic heterocycles. The van der Waals surface area contributed by atoms with Gasteiger partial charge >= 0.3 is 0 Å². The van der Waals surface area contributed by atoms with Crippen molar-refractivity contribution in [1.82, 2.24) is 0 Å². The molecule has 1 aromatic carbocycles. The number of ether oxygens (including phenoxy) is 1. The van der Waals surface area contributed by atoms with E-state index < -0.39 is 0 Å². The molecular formula is C12H13ClN2O. The molecule has 0 heterocycles. The Bertz CT molecular complexity index is 428. The first-order chi connectivity index (χ1) is 7.69. The van der Waals surface area contributed by atoms with E-state index in [1.165, 1.54) is 0 Å². The Morgan fingerprint density at radius 3 is 2.88 bits per heavy atom. The zero-order valence-electron chi connectivity index (χ0n) is 8.82. The molecule has 0 amide bonds. The first kappa shape index (κ1) is 11.3. The topological polar surface area (TPSA) is 59.0 Å². The number of benzene rings is 1. The fourth-order valence-electron chi connectivity index (χ4n) is 1.95. The lowest BCUT2D eigenvalue weighted by atomic mass is 10.2. The molecule has 84 valence electrons. The van der Waals surface area contributed by atoms with E-state index in [9.17, 15) is 0 Å². The Morgan fingerprint density at radius 2 is 2.25 bits per heavy atom. The Labute approximate surface area is 99.8 Å². The highest BCUT2D eigenvalue weighted by molar-refractivity contribution is 6.30. The van der Waals surface area contributed by atoms with Crippen molar-refractivity contribution in [2.24, 2.45) is 5.73 Å². The molecule has 1 aliphatic carbocycles. The summed E-state index contributed by atoms with van der Waals surface area (Å²) in [5, 5.41) is 9.50. The Hall–Kier alpha value is -1.24. The standard InChI is InChI=1S/C12H13ClN2O/c13-9-1-4-12(8(5-9)7-14)16-11-3-2-10(15)6-11/h1,4-5,10-11H,2-3,6,15H2. The highest BCUT2D eigenvalue weighted by Crippen LogP contribution is 2.27. The van der Waals surface area contributed by atoms with Crippen LogP contribution in [0.5, 0.6) is 5.75 Å². The normalized spacial score (nSPS) is 24.1. The van der Waals surface area contributed by atoms with Gasteiger partial charge in [-0.1, -0.05) is 11.6 Å². The average molecular weight is 237 g/mol. The van der Waals surface area contributed by atoms with Gasteiger partial charge in [-0.2, -0.15) is 5.26 Å². The molecule has 1 aromatic rings. The lowest BCUT2D eigenvalue weighted by molar-refractivity contribution is 0.207. The molecule has 2 N–H and O–H groups in total. The number of rotatable bonds is 2. The number of nitrogens with two attached hydrogens (primary N) is 1. The van der Waals surface area contributed by atoms with Crippen LogP contribution in [0.15, 0.2) is 18.2 Å². The maximum Gasteiger partial charge on any atom is 0.137 e. The van der Waals surface area contributed by atoms with Crippen LogP contribution in [-0.2, 0) is 0 Å². The van der Waals surface area contributed by atoms with Crippen LogP contribution in [0.2, 0.25) is 5.02 Å². The molecule has 1 fully saturated rings. The number of hydrogen-bond acceptors (Lipinski definition) is 3. The lowest BCUT2D eigenvalue weighted by Crippen LogP contribution is -2.19. The molecule has 16 heavy (non-hydrogen) atoms. The Kier molecular flexibility index (Phi) is 3.33. The zero-order valence-corrected chi connectivity index (χ0v) is 9.57. The molecule has 1 aliphatic rings. The van der Waals surface area contributed by atoms with E-state index >= 15 is 0 Å². The van der Waals surface area contributed by atoms with Crippen LogP contribution in [0, 0.1) is 11.3 Å². The number of nitrogens with zero attached hydrogens (tertiary/aromatic N) is 1. The summed E-state index contributed by atoms with van der Waals surface area (Å²) in [6, 6.07) is 7.39. The van der Waals surface area contributed by atoms with Crippen LogP contribution in [-0.4, -0.2) is 12.1 Å². The molecule has 2 rings (SSSR count). The molecule has 2 atom stereocenters. The number of nitriles is 1. The maximum absolute atomic E-state index is 8.96. The van der Waals surface area contributed by atoms with Crippen molar-refractivity contribution in [3.8, 4) is 11.8 Å². The minimum absolute atomic E-state index is 0.128. The summed E-state index contributed by atoms with van der Waals surface area (Å²) in [6.45, 7) is 0. The number of halogens is 1. The Morgan fingerprint density at radius 1 is 1.44 bits per heavy atom. The predicted molar refractivity (Wildman–Crippen MR) is 62.4 cm³/mol. The van der Waals surface area contributed by atoms with Gasteiger partial charge in [0, 0.05) is 11.1 Å². The minimum Gasteiger partial charge on any atom is -0.489 e. The van der Waals surface area contributed by atoms with Crippen molar-refractivity contribution in [2.45, 2.75) is 31.4 Å². The summed E-state index contributed by atoms with van der Waals surface area (Å²) in [4.78, 5) is 0. The van der Waals surface area contributed by atoms with Crippen molar-refractivity contribution in [2.75, 3.05) is 0 Å². The molecule has 0 bridgehead atoms. The van der Waals surface area contributed by atoms with Crippen LogP contribution in [0.4, 0.5) is 0 Å². The molecular weight excluding hydrogens is 224 g/mol. The Balaban J connectivity index is 2.12. The summed E-state index contributed by atoms with van der Waals surface area (Å²) in [5.74, 6) is 0.603. The van der Waals surface area contributed by atoms with Gasteiger partial charge in [-0.15, -0.1) is 0 Å². The minimum atomic E-state index is 0.128. The van der Waals surface area contributed by atoms with Gasteiger partial charge in [-0.25, -0.2) is 0 Å². The molecule has 3 nitrogen and oxygen atoms in total. The second-order valence-electron chi connectivity index (χ2n) is 4.07. The molecule has 4 heteroatoms. The van der Waals surface area contributed by atoms with Crippen LogP contribution in [0.1, 0.15) is 24.8 Å². The summed E-state index contributed by atoms with van der Waals surface area (Å²) in [6.07, 6.45) is 2.92. The van der Waals surface area contributed by atoms with E-state index in [1.54, 1.807) is 18.2 Å². The second kappa shape index (κ2) is 4.73. The van der Waals surface area contributed by atoms with Crippen molar-refractivity contribution in [3.05, 3.63) is 28.8 Å². The van der Waals surface area contributed by atoms with Gasteiger partial charge in [0.05, 0.1) is 5.56 Å². The monoisotopic (exact) mass is 236 g/mol. The van der Waals surface area contributed by atoms with Gasteiger partial charge in [-0.3, -0.25) is 0 Å². The van der Waals surface area contributed by atoms with Gasteiger partial charge in [0.25, 0.3) is 0 Å². The fraction of sp³-hybridized carbons (Fsp3) is 0.417.